The summed E-state index contributed by atoms with van der Waals surface area (Å²) in [6, 6.07) is 8.68. The van der Waals surface area contributed by atoms with Gasteiger partial charge in [0.25, 0.3) is 0 Å². The lowest BCUT2D eigenvalue weighted by Gasteiger charge is -2.23. The molecule has 0 atom stereocenters. The van der Waals surface area contributed by atoms with Crippen molar-refractivity contribution < 1.29 is 8.42 Å². The highest BCUT2D eigenvalue weighted by Gasteiger charge is 2.40. The summed E-state index contributed by atoms with van der Waals surface area (Å²) in [5.41, 5.74) is 0. The van der Waals surface area contributed by atoms with Crippen LogP contribution < -0.4 is 0 Å². The molecule has 0 saturated carbocycles. The van der Waals surface area contributed by atoms with Crippen LogP contribution in [0.4, 0.5) is 0 Å². The Bertz CT molecular complexity index is 464. The fourth-order valence-corrected chi connectivity index (χ4v) is 3.57. The third kappa shape index (κ3) is 1.61. The lowest BCUT2D eigenvalue weighted by Crippen LogP contribution is -2.32. The predicted molar refractivity (Wildman–Crippen MR) is 60.4 cm³/mol. The fraction of sp³-hybridized carbons (Fsp3) is 0.333. The molecule has 15 heavy (non-hydrogen) atoms. The quantitative estimate of drug-likeness (QED) is 0.721. The van der Waals surface area contributed by atoms with E-state index in [-0.39, 0.29) is 0 Å². The van der Waals surface area contributed by atoms with E-state index in [0.717, 1.165) is 0 Å². The zero-order chi connectivity index (χ0) is 10.9. The molecule has 2 nitrogen and oxygen atoms in total. The monoisotopic (exact) mass is 222 g/mol. The molecule has 2 rings (SSSR count). The van der Waals surface area contributed by atoms with E-state index in [9.17, 15) is 8.42 Å². The van der Waals surface area contributed by atoms with Gasteiger partial charge in [0.05, 0.1) is 9.64 Å². The van der Waals surface area contributed by atoms with Crippen LogP contribution in [0, 0.1) is 0 Å². The predicted octanol–water partition coefficient (Wildman–Crippen LogP) is 2.57. The average Bonchev–Trinajstić information content (AvgIpc) is 2.68. The summed E-state index contributed by atoms with van der Waals surface area (Å²) in [7, 11) is -3.20. The van der Waals surface area contributed by atoms with E-state index < -0.39 is 14.6 Å². The molecule has 0 aliphatic heterocycles. The Labute approximate surface area is 90.6 Å². The van der Waals surface area contributed by atoms with Crippen molar-refractivity contribution in [3.8, 4) is 0 Å². The van der Waals surface area contributed by atoms with Gasteiger partial charge in [0.1, 0.15) is 0 Å². The Morgan fingerprint density at radius 3 is 2.13 bits per heavy atom. The second-order valence-corrected chi connectivity index (χ2v) is 6.61. The van der Waals surface area contributed by atoms with Gasteiger partial charge in [0.2, 0.25) is 0 Å². The molecule has 3 heteroatoms. The molecule has 0 N–H and O–H groups in total. The molecule has 0 bridgehead atoms. The van der Waals surface area contributed by atoms with Crippen molar-refractivity contribution in [2.24, 2.45) is 0 Å². The lowest BCUT2D eigenvalue weighted by molar-refractivity contribution is 0.540. The lowest BCUT2D eigenvalue weighted by atomic mass is 10.1. The zero-order valence-electron chi connectivity index (χ0n) is 8.68. The normalized spacial score (nSPS) is 19.3. The van der Waals surface area contributed by atoms with Crippen LogP contribution in [0.3, 0.4) is 0 Å². The highest BCUT2D eigenvalue weighted by Crippen LogP contribution is 2.35. The van der Waals surface area contributed by atoms with Crippen molar-refractivity contribution in [3.63, 3.8) is 0 Å². The molecule has 0 amide bonds. The van der Waals surface area contributed by atoms with E-state index in [2.05, 4.69) is 0 Å². The summed E-state index contributed by atoms with van der Waals surface area (Å²) in [6.45, 7) is 1.81. The fourth-order valence-electron chi connectivity index (χ4n) is 1.85. The van der Waals surface area contributed by atoms with Crippen LogP contribution in [0.1, 0.15) is 19.8 Å². The summed E-state index contributed by atoms with van der Waals surface area (Å²) in [6.07, 6.45) is 5.12. The Kier molecular flexibility index (Phi) is 2.43. The molecule has 80 valence electrons. The van der Waals surface area contributed by atoms with Crippen molar-refractivity contribution in [2.75, 3.05) is 0 Å². The van der Waals surface area contributed by atoms with Crippen LogP contribution in [0.2, 0.25) is 0 Å². The van der Waals surface area contributed by atoms with Gasteiger partial charge in [0, 0.05) is 0 Å². The minimum atomic E-state index is -3.20. The molecule has 0 unspecified atom stereocenters. The molecule has 1 aliphatic rings. The SMILES string of the molecule is CC1(S(=O)(=O)c2ccccc2)CC=CC1. The molecule has 1 aromatic carbocycles. The second kappa shape index (κ2) is 3.49. The number of allylic oxidation sites excluding steroid dienone is 2. The van der Waals surface area contributed by atoms with Gasteiger partial charge in [-0.15, -0.1) is 0 Å². The number of rotatable bonds is 2. The second-order valence-electron chi connectivity index (χ2n) is 4.15. The number of sulfone groups is 1. The van der Waals surface area contributed by atoms with Gasteiger partial charge in [-0.3, -0.25) is 0 Å². The molecule has 0 spiro atoms. The summed E-state index contributed by atoms with van der Waals surface area (Å²) >= 11 is 0. The van der Waals surface area contributed by atoms with Gasteiger partial charge in [0.15, 0.2) is 9.84 Å². The van der Waals surface area contributed by atoms with Gasteiger partial charge in [-0.2, -0.15) is 0 Å². The van der Waals surface area contributed by atoms with Crippen LogP contribution >= 0.6 is 0 Å². The highest BCUT2D eigenvalue weighted by molar-refractivity contribution is 7.92. The van der Waals surface area contributed by atoms with Gasteiger partial charge in [-0.1, -0.05) is 30.4 Å². The third-order valence-electron chi connectivity index (χ3n) is 2.97. The van der Waals surface area contributed by atoms with Crippen LogP contribution in [-0.2, 0) is 9.84 Å². The summed E-state index contributed by atoms with van der Waals surface area (Å²) in [4.78, 5) is 0.427. The Morgan fingerprint density at radius 1 is 1.07 bits per heavy atom. The van der Waals surface area contributed by atoms with Crippen molar-refractivity contribution in [3.05, 3.63) is 42.5 Å². The van der Waals surface area contributed by atoms with Crippen molar-refractivity contribution in [2.45, 2.75) is 29.4 Å². The molecule has 0 saturated heterocycles. The van der Waals surface area contributed by atoms with E-state index in [0.29, 0.717) is 17.7 Å². The molecular weight excluding hydrogens is 208 g/mol. The molecule has 0 aromatic heterocycles. The van der Waals surface area contributed by atoms with E-state index >= 15 is 0 Å². The minimum absolute atomic E-state index is 0.427. The number of hydrogen-bond acceptors (Lipinski definition) is 2. The Morgan fingerprint density at radius 2 is 1.60 bits per heavy atom. The summed E-state index contributed by atoms with van der Waals surface area (Å²) in [5, 5.41) is 0. The maximum Gasteiger partial charge on any atom is 0.184 e. The first-order chi connectivity index (χ1) is 7.06. The molecule has 0 heterocycles. The summed E-state index contributed by atoms with van der Waals surface area (Å²) in [5.74, 6) is 0. The maximum atomic E-state index is 12.3. The van der Waals surface area contributed by atoms with Crippen molar-refractivity contribution in [1.82, 2.24) is 0 Å². The topological polar surface area (TPSA) is 34.1 Å². The highest BCUT2D eigenvalue weighted by atomic mass is 32.2. The Balaban J connectivity index is 2.45. The van der Waals surface area contributed by atoms with Crippen LogP contribution in [-0.4, -0.2) is 13.2 Å². The zero-order valence-corrected chi connectivity index (χ0v) is 9.50. The first-order valence-corrected chi connectivity index (χ1v) is 6.49. The molecule has 1 aliphatic carbocycles. The smallest absolute Gasteiger partial charge is 0.184 e. The van der Waals surface area contributed by atoms with E-state index in [1.807, 2.05) is 25.1 Å². The van der Waals surface area contributed by atoms with Gasteiger partial charge in [-0.25, -0.2) is 8.42 Å². The molecule has 0 radical (unpaired) electrons. The first kappa shape index (κ1) is 10.4. The maximum absolute atomic E-state index is 12.3. The summed E-state index contributed by atoms with van der Waals surface area (Å²) < 4.78 is 24.0. The van der Waals surface area contributed by atoms with Gasteiger partial charge in [-0.05, 0) is 31.9 Å². The van der Waals surface area contributed by atoms with E-state index in [1.54, 1.807) is 24.3 Å². The molecule has 1 aromatic rings. The first-order valence-electron chi connectivity index (χ1n) is 5.01. The minimum Gasteiger partial charge on any atom is -0.223 e. The standard InChI is InChI=1S/C12H14O2S/c1-12(9-5-6-10-12)15(13,14)11-7-3-2-4-8-11/h2-8H,9-10H2,1H3. The number of benzene rings is 1. The largest absolute Gasteiger partial charge is 0.223 e. The van der Waals surface area contributed by atoms with E-state index in [4.69, 9.17) is 0 Å². The van der Waals surface area contributed by atoms with Crippen molar-refractivity contribution in [1.29, 1.82) is 0 Å². The van der Waals surface area contributed by atoms with Crippen LogP contribution in [0.25, 0.3) is 0 Å². The van der Waals surface area contributed by atoms with Crippen LogP contribution in [0.5, 0.6) is 0 Å². The van der Waals surface area contributed by atoms with Gasteiger partial charge < -0.3 is 0 Å². The molecule has 0 fully saturated rings. The number of hydrogen-bond donors (Lipinski definition) is 0. The van der Waals surface area contributed by atoms with Crippen LogP contribution in [0.15, 0.2) is 47.4 Å². The van der Waals surface area contributed by atoms with Crippen molar-refractivity contribution >= 4 is 9.84 Å². The Hall–Kier alpha value is -1.09. The molecular formula is C12H14O2S. The third-order valence-corrected chi connectivity index (χ3v) is 5.49. The van der Waals surface area contributed by atoms with E-state index in [1.165, 1.54) is 0 Å². The average molecular weight is 222 g/mol. The van der Waals surface area contributed by atoms with Gasteiger partial charge >= 0.3 is 0 Å².